The second-order valence-electron chi connectivity index (χ2n) is 5.46. The highest BCUT2D eigenvalue weighted by Gasteiger charge is 2.36. The van der Waals surface area contributed by atoms with Gasteiger partial charge in [0.2, 0.25) is 0 Å². The van der Waals surface area contributed by atoms with Crippen LogP contribution in [0.1, 0.15) is 25.7 Å². The molecule has 0 unspecified atom stereocenters. The summed E-state index contributed by atoms with van der Waals surface area (Å²) in [6, 6.07) is 0. The molecule has 2 fully saturated rings. The van der Waals surface area contributed by atoms with Crippen molar-refractivity contribution in [2.24, 2.45) is 11.8 Å². The summed E-state index contributed by atoms with van der Waals surface area (Å²) < 4.78 is 27.8. The molecule has 1 saturated heterocycles. The van der Waals surface area contributed by atoms with E-state index in [9.17, 15) is 13.2 Å². The normalized spacial score (nSPS) is 21.8. The Morgan fingerprint density at radius 3 is 2.35 bits per heavy atom. The smallest absolute Gasteiger partial charge is 0.306 e. The zero-order valence-corrected chi connectivity index (χ0v) is 12.2. The largest absolute Gasteiger partial charge is 0.481 e. The first-order valence-corrected chi connectivity index (χ1v) is 8.26. The second kappa shape index (κ2) is 6.12. The number of piperidine rings is 1. The Kier molecular flexibility index (Phi) is 4.68. The summed E-state index contributed by atoms with van der Waals surface area (Å²) >= 11 is 0. The van der Waals surface area contributed by atoms with Crippen LogP contribution >= 0.6 is 0 Å². The van der Waals surface area contributed by atoms with Crippen molar-refractivity contribution in [3.05, 3.63) is 0 Å². The molecule has 2 aliphatic rings. The third-order valence-electron chi connectivity index (χ3n) is 3.88. The van der Waals surface area contributed by atoms with Crippen LogP contribution in [0.25, 0.3) is 0 Å². The third kappa shape index (κ3) is 3.51. The highest BCUT2D eigenvalue weighted by Crippen LogP contribution is 2.31. The van der Waals surface area contributed by atoms with Crippen LogP contribution in [0.3, 0.4) is 0 Å². The number of carboxylic acid groups (broad SMARTS) is 1. The van der Waals surface area contributed by atoms with Gasteiger partial charge < -0.3 is 5.11 Å². The molecule has 20 heavy (non-hydrogen) atoms. The topological polar surface area (TPSA) is 77.9 Å². The summed E-state index contributed by atoms with van der Waals surface area (Å²) in [7, 11) is -3.56. The molecule has 0 radical (unpaired) electrons. The van der Waals surface area contributed by atoms with E-state index in [0.717, 1.165) is 12.8 Å². The minimum absolute atomic E-state index is 0.0810. The van der Waals surface area contributed by atoms with Crippen molar-refractivity contribution in [2.75, 3.05) is 26.2 Å². The molecule has 0 bridgehead atoms. The molecular weight excluding hydrogens is 280 g/mol. The van der Waals surface area contributed by atoms with E-state index in [1.165, 1.54) is 8.61 Å². The minimum Gasteiger partial charge on any atom is -0.481 e. The number of rotatable bonds is 6. The third-order valence-corrected chi connectivity index (χ3v) is 5.83. The van der Waals surface area contributed by atoms with Crippen LogP contribution in [-0.4, -0.2) is 54.3 Å². The van der Waals surface area contributed by atoms with E-state index in [2.05, 4.69) is 5.92 Å². The van der Waals surface area contributed by atoms with Gasteiger partial charge in [0.1, 0.15) is 0 Å². The highest BCUT2D eigenvalue weighted by molar-refractivity contribution is 7.86. The van der Waals surface area contributed by atoms with E-state index >= 15 is 0 Å². The average molecular weight is 300 g/mol. The molecule has 1 heterocycles. The fourth-order valence-corrected chi connectivity index (χ4v) is 4.06. The standard InChI is InChI=1S/C13H20N2O4S/c1-2-7-15(10-11-3-4-11)20(18,19)14-8-5-12(6-9-14)13(16)17/h1,11-12H,3-10H2,(H,16,17). The van der Waals surface area contributed by atoms with Crippen molar-refractivity contribution >= 4 is 16.2 Å². The maximum Gasteiger partial charge on any atom is 0.306 e. The average Bonchev–Trinajstić information content (AvgIpc) is 3.22. The van der Waals surface area contributed by atoms with E-state index in [4.69, 9.17) is 11.5 Å². The molecule has 0 aromatic heterocycles. The Bertz CT molecular complexity index is 499. The van der Waals surface area contributed by atoms with Gasteiger partial charge in [-0.3, -0.25) is 4.79 Å². The summed E-state index contributed by atoms with van der Waals surface area (Å²) in [5, 5.41) is 8.94. The van der Waals surface area contributed by atoms with E-state index in [0.29, 0.717) is 25.3 Å². The molecule has 7 heteroatoms. The van der Waals surface area contributed by atoms with E-state index in [1.807, 2.05) is 0 Å². The van der Waals surface area contributed by atoms with Crippen LogP contribution in [0.4, 0.5) is 0 Å². The van der Waals surface area contributed by atoms with Gasteiger partial charge in [-0.25, -0.2) is 0 Å². The zero-order valence-electron chi connectivity index (χ0n) is 11.4. The quantitative estimate of drug-likeness (QED) is 0.719. The number of carbonyl (C=O) groups is 1. The van der Waals surface area contributed by atoms with E-state index < -0.39 is 22.1 Å². The van der Waals surface area contributed by atoms with Crippen molar-refractivity contribution in [2.45, 2.75) is 25.7 Å². The van der Waals surface area contributed by atoms with Crippen LogP contribution in [0.2, 0.25) is 0 Å². The molecule has 1 aliphatic carbocycles. The lowest BCUT2D eigenvalue weighted by Gasteiger charge is -2.33. The van der Waals surface area contributed by atoms with Crippen LogP contribution < -0.4 is 0 Å². The molecule has 0 spiro atoms. The van der Waals surface area contributed by atoms with Gasteiger partial charge in [0, 0.05) is 19.6 Å². The first-order chi connectivity index (χ1) is 9.45. The van der Waals surface area contributed by atoms with Gasteiger partial charge in [-0.1, -0.05) is 5.92 Å². The molecule has 1 aliphatic heterocycles. The number of aliphatic carboxylic acids is 1. The minimum atomic E-state index is -3.56. The van der Waals surface area contributed by atoms with Crippen LogP contribution in [0, 0.1) is 24.2 Å². The molecule has 1 saturated carbocycles. The van der Waals surface area contributed by atoms with Gasteiger partial charge in [-0.05, 0) is 31.6 Å². The first-order valence-electron chi connectivity index (χ1n) is 6.86. The Hall–Kier alpha value is -1.10. The number of hydrogen-bond donors (Lipinski definition) is 1. The molecule has 0 aromatic carbocycles. The Morgan fingerprint density at radius 1 is 1.30 bits per heavy atom. The molecule has 2 rings (SSSR count). The van der Waals surface area contributed by atoms with Crippen LogP contribution in [-0.2, 0) is 15.0 Å². The number of hydrogen-bond acceptors (Lipinski definition) is 3. The Balaban J connectivity index is 2.01. The van der Waals surface area contributed by atoms with Gasteiger partial charge in [-0.15, -0.1) is 6.42 Å². The van der Waals surface area contributed by atoms with Crippen LogP contribution in [0.5, 0.6) is 0 Å². The fraction of sp³-hybridized carbons (Fsp3) is 0.769. The van der Waals surface area contributed by atoms with Crippen molar-refractivity contribution in [1.82, 2.24) is 8.61 Å². The Labute approximate surface area is 119 Å². The van der Waals surface area contributed by atoms with Gasteiger partial charge in [-0.2, -0.15) is 17.0 Å². The molecule has 112 valence electrons. The van der Waals surface area contributed by atoms with Crippen molar-refractivity contribution in [3.8, 4) is 12.3 Å². The van der Waals surface area contributed by atoms with E-state index in [-0.39, 0.29) is 19.6 Å². The highest BCUT2D eigenvalue weighted by atomic mass is 32.2. The molecule has 6 nitrogen and oxygen atoms in total. The first kappa shape index (κ1) is 15.3. The summed E-state index contributed by atoms with van der Waals surface area (Å²) in [4.78, 5) is 10.9. The molecule has 0 amide bonds. The van der Waals surface area contributed by atoms with Gasteiger partial charge in [0.25, 0.3) is 10.2 Å². The number of terminal acetylenes is 1. The monoisotopic (exact) mass is 300 g/mol. The SMILES string of the molecule is C#CCN(CC1CC1)S(=O)(=O)N1CCC(C(=O)O)CC1. The number of nitrogens with zero attached hydrogens (tertiary/aromatic N) is 2. The Morgan fingerprint density at radius 2 is 1.90 bits per heavy atom. The lowest BCUT2D eigenvalue weighted by Crippen LogP contribution is -2.48. The predicted molar refractivity (Wildman–Crippen MR) is 74.0 cm³/mol. The van der Waals surface area contributed by atoms with E-state index in [1.54, 1.807) is 0 Å². The maximum absolute atomic E-state index is 12.5. The summed E-state index contributed by atoms with van der Waals surface area (Å²) in [6.45, 7) is 1.07. The van der Waals surface area contributed by atoms with Crippen molar-refractivity contribution < 1.29 is 18.3 Å². The lowest BCUT2D eigenvalue weighted by molar-refractivity contribution is -0.142. The fourth-order valence-electron chi connectivity index (χ4n) is 2.43. The second-order valence-corrected chi connectivity index (χ2v) is 7.39. The van der Waals surface area contributed by atoms with Gasteiger partial charge in [0.15, 0.2) is 0 Å². The summed E-state index contributed by atoms with van der Waals surface area (Å²) in [5.41, 5.74) is 0. The van der Waals surface area contributed by atoms with Crippen LogP contribution in [0.15, 0.2) is 0 Å². The lowest BCUT2D eigenvalue weighted by atomic mass is 9.99. The maximum atomic E-state index is 12.5. The zero-order chi connectivity index (χ0) is 14.8. The molecule has 0 atom stereocenters. The molecular formula is C13H20N2O4S. The predicted octanol–water partition coefficient (Wildman–Crippen LogP) is 0.373. The number of carboxylic acids is 1. The van der Waals surface area contributed by atoms with Crippen molar-refractivity contribution in [3.63, 3.8) is 0 Å². The van der Waals surface area contributed by atoms with Crippen molar-refractivity contribution in [1.29, 1.82) is 0 Å². The summed E-state index contributed by atoms with van der Waals surface area (Å²) in [5.74, 6) is 1.54. The molecule has 1 N–H and O–H groups in total. The molecule has 0 aromatic rings. The van der Waals surface area contributed by atoms with Gasteiger partial charge in [0.05, 0.1) is 12.5 Å². The van der Waals surface area contributed by atoms with Gasteiger partial charge >= 0.3 is 5.97 Å². The summed E-state index contributed by atoms with van der Waals surface area (Å²) in [6.07, 6.45) is 8.09.